The maximum Gasteiger partial charge on any atom is 0.224 e. The highest BCUT2D eigenvalue weighted by Gasteiger charge is 2.16. The summed E-state index contributed by atoms with van der Waals surface area (Å²) in [5.74, 6) is -0.735. The predicted molar refractivity (Wildman–Crippen MR) is 68.3 cm³/mol. The van der Waals surface area contributed by atoms with Crippen LogP contribution in [-0.4, -0.2) is 11.9 Å². The van der Waals surface area contributed by atoms with E-state index >= 15 is 0 Å². The van der Waals surface area contributed by atoms with Gasteiger partial charge in [0.15, 0.2) is 0 Å². The van der Waals surface area contributed by atoms with Gasteiger partial charge in [-0.3, -0.25) is 4.79 Å². The minimum absolute atomic E-state index is 0. The van der Waals surface area contributed by atoms with Crippen LogP contribution >= 0.6 is 12.4 Å². The number of nitrogens with one attached hydrogen (secondary N) is 1. The van der Waals surface area contributed by atoms with Gasteiger partial charge in [0.25, 0.3) is 0 Å². The van der Waals surface area contributed by atoms with Crippen molar-refractivity contribution >= 4 is 18.3 Å². The van der Waals surface area contributed by atoms with E-state index in [1.54, 1.807) is 32.0 Å². The van der Waals surface area contributed by atoms with Gasteiger partial charge in [-0.25, -0.2) is 4.39 Å². The molecular formula is C12H18ClFN2O. The summed E-state index contributed by atoms with van der Waals surface area (Å²) in [6.07, 6.45) is 0. The lowest BCUT2D eigenvalue weighted by atomic mass is 10.0. The van der Waals surface area contributed by atoms with Gasteiger partial charge in [-0.2, -0.15) is 0 Å². The topological polar surface area (TPSA) is 55.1 Å². The molecule has 0 saturated heterocycles. The van der Waals surface area contributed by atoms with E-state index < -0.39 is 0 Å². The van der Waals surface area contributed by atoms with Crippen LogP contribution in [0.15, 0.2) is 24.3 Å². The van der Waals surface area contributed by atoms with Crippen molar-refractivity contribution < 1.29 is 9.18 Å². The zero-order valence-electron chi connectivity index (χ0n) is 9.94. The summed E-state index contributed by atoms with van der Waals surface area (Å²) >= 11 is 0. The Morgan fingerprint density at radius 2 is 2.00 bits per heavy atom. The van der Waals surface area contributed by atoms with Crippen LogP contribution < -0.4 is 11.1 Å². The van der Waals surface area contributed by atoms with E-state index in [-0.39, 0.29) is 42.6 Å². The summed E-state index contributed by atoms with van der Waals surface area (Å²) < 4.78 is 13.2. The van der Waals surface area contributed by atoms with Crippen LogP contribution in [0.2, 0.25) is 0 Å². The quantitative estimate of drug-likeness (QED) is 0.868. The van der Waals surface area contributed by atoms with Crippen LogP contribution in [0.5, 0.6) is 0 Å². The Bertz CT molecular complexity index is 371. The molecule has 2 unspecified atom stereocenters. The number of benzene rings is 1. The molecule has 0 aliphatic carbocycles. The molecule has 0 saturated carbocycles. The summed E-state index contributed by atoms with van der Waals surface area (Å²) in [6, 6.07) is 6.16. The van der Waals surface area contributed by atoms with E-state index in [1.165, 1.54) is 6.07 Å². The van der Waals surface area contributed by atoms with Crippen molar-refractivity contribution in [3.8, 4) is 0 Å². The summed E-state index contributed by atoms with van der Waals surface area (Å²) in [7, 11) is 0. The number of hydrogen-bond acceptors (Lipinski definition) is 2. The summed E-state index contributed by atoms with van der Waals surface area (Å²) in [4.78, 5) is 11.6. The number of hydrogen-bond donors (Lipinski definition) is 2. The maximum absolute atomic E-state index is 13.2. The summed E-state index contributed by atoms with van der Waals surface area (Å²) in [6.45, 7) is 3.72. The van der Waals surface area contributed by atoms with Gasteiger partial charge in [-0.1, -0.05) is 25.1 Å². The lowest BCUT2D eigenvalue weighted by Crippen LogP contribution is -2.38. The molecule has 0 heterocycles. The molecule has 3 nitrogen and oxygen atoms in total. The number of halogens is 2. The summed E-state index contributed by atoms with van der Waals surface area (Å²) in [5.41, 5.74) is 6.08. The average Bonchev–Trinajstić information content (AvgIpc) is 2.26. The van der Waals surface area contributed by atoms with Crippen molar-refractivity contribution in [2.24, 2.45) is 11.7 Å². The molecule has 1 amide bonds. The van der Waals surface area contributed by atoms with E-state index in [0.29, 0.717) is 5.56 Å². The molecule has 5 heteroatoms. The SMILES string of the molecule is CC(N)C(C)C(=O)NCc1ccccc1F.Cl. The van der Waals surface area contributed by atoms with Gasteiger partial charge >= 0.3 is 0 Å². The van der Waals surface area contributed by atoms with Gasteiger partial charge in [0.1, 0.15) is 5.82 Å². The number of carbonyl (C=O) groups is 1. The molecule has 1 aromatic rings. The van der Waals surface area contributed by atoms with Crippen LogP contribution in [0.25, 0.3) is 0 Å². The van der Waals surface area contributed by atoms with Crippen LogP contribution in [0.4, 0.5) is 4.39 Å². The van der Waals surface area contributed by atoms with E-state index in [0.717, 1.165) is 0 Å². The van der Waals surface area contributed by atoms with Crippen molar-refractivity contribution in [2.45, 2.75) is 26.4 Å². The van der Waals surface area contributed by atoms with Crippen molar-refractivity contribution in [3.63, 3.8) is 0 Å². The van der Waals surface area contributed by atoms with Gasteiger partial charge in [-0.05, 0) is 13.0 Å². The first-order valence-corrected chi connectivity index (χ1v) is 5.29. The molecule has 0 spiro atoms. The van der Waals surface area contributed by atoms with E-state index in [9.17, 15) is 9.18 Å². The molecule has 17 heavy (non-hydrogen) atoms. The molecule has 3 N–H and O–H groups in total. The predicted octanol–water partition coefficient (Wildman–Crippen LogP) is 1.85. The number of carbonyl (C=O) groups excluding carboxylic acids is 1. The first kappa shape index (κ1) is 15.9. The van der Waals surface area contributed by atoms with Gasteiger partial charge in [0.05, 0.1) is 0 Å². The average molecular weight is 261 g/mol. The molecule has 0 fully saturated rings. The van der Waals surface area contributed by atoms with Crippen molar-refractivity contribution in [1.29, 1.82) is 0 Å². The Balaban J connectivity index is 0.00000256. The second-order valence-corrected chi connectivity index (χ2v) is 3.96. The fraction of sp³-hybridized carbons (Fsp3) is 0.417. The van der Waals surface area contributed by atoms with Crippen molar-refractivity contribution in [2.75, 3.05) is 0 Å². The van der Waals surface area contributed by atoms with Crippen LogP contribution in [0.3, 0.4) is 0 Å². The van der Waals surface area contributed by atoms with Gasteiger partial charge in [0.2, 0.25) is 5.91 Å². The Hall–Kier alpha value is -1.13. The molecule has 1 rings (SSSR count). The first-order valence-electron chi connectivity index (χ1n) is 5.29. The van der Waals surface area contributed by atoms with Crippen molar-refractivity contribution in [1.82, 2.24) is 5.32 Å². The highest BCUT2D eigenvalue weighted by atomic mass is 35.5. The molecule has 1 aromatic carbocycles. The lowest BCUT2D eigenvalue weighted by Gasteiger charge is -2.15. The molecule has 0 radical (unpaired) electrons. The van der Waals surface area contributed by atoms with Gasteiger partial charge in [-0.15, -0.1) is 12.4 Å². The molecule has 0 bridgehead atoms. The van der Waals surface area contributed by atoms with Crippen LogP contribution in [-0.2, 0) is 11.3 Å². The molecule has 2 atom stereocenters. The van der Waals surface area contributed by atoms with Crippen LogP contribution in [0, 0.1) is 11.7 Å². The highest BCUT2D eigenvalue weighted by molar-refractivity contribution is 5.85. The second kappa shape index (κ2) is 7.25. The zero-order valence-corrected chi connectivity index (χ0v) is 10.8. The highest BCUT2D eigenvalue weighted by Crippen LogP contribution is 2.06. The molecule has 0 aromatic heterocycles. The Morgan fingerprint density at radius 3 is 2.53 bits per heavy atom. The normalized spacial score (nSPS) is 13.4. The molecule has 0 aliphatic heterocycles. The van der Waals surface area contributed by atoms with E-state index in [1.807, 2.05) is 0 Å². The second-order valence-electron chi connectivity index (χ2n) is 3.96. The zero-order chi connectivity index (χ0) is 12.1. The fourth-order valence-corrected chi connectivity index (χ4v) is 1.22. The maximum atomic E-state index is 13.2. The Morgan fingerprint density at radius 1 is 1.41 bits per heavy atom. The van der Waals surface area contributed by atoms with Gasteiger partial charge < -0.3 is 11.1 Å². The number of amides is 1. The third kappa shape index (κ3) is 4.71. The van der Waals surface area contributed by atoms with Crippen LogP contribution in [0.1, 0.15) is 19.4 Å². The van der Waals surface area contributed by atoms with E-state index in [4.69, 9.17) is 5.73 Å². The van der Waals surface area contributed by atoms with Gasteiger partial charge in [0, 0.05) is 24.1 Å². The Labute approximate surface area is 107 Å². The first-order chi connectivity index (χ1) is 7.52. The standard InChI is InChI=1S/C12H17FN2O.ClH/c1-8(9(2)14)12(16)15-7-10-5-3-4-6-11(10)13;/h3-6,8-9H,7,14H2,1-2H3,(H,15,16);1H. The molecule has 0 aliphatic rings. The van der Waals surface area contributed by atoms with Crippen molar-refractivity contribution in [3.05, 3.63) is 35.6 Å². The smallest absolute Gasteiger partial charge is 0.224 e. The fourth-order valence-electron chi connectivity index (χ4n) is 1.22. The molecule has 96 valence electrons. The third-order valence-corrected chi connectivity index (χ3v) is 2.61. The summed E-state index contributed by atoms with van der Waals surface area (Å²) in [5, 5.41) is 2.66. The Kier molecular flexibility index (Phi) is 6.76. The lowest BCUT2D eigenvalue weighted by molar-refractivity contribution is -0.125. The minimum Gasteiger partial charge on any atom is -0.352 e. The third-order valence-electron chi connectivity index (χ3n) is 2.61. The number of nitrogens with two attached hydrogens (primary N) is 1. The number of rotatable bonds is 4. The van der Waals surface area contributed by atoms with E-state index in [2.05, 4.69) is 5.32 Å². The largest absolute Gasteiger partial charge is 0.352 e. The monoisotopic (exact) mass is 260 g/mol. The molecular weight excluding hydrogens is 243 g/mol. The minimum atomic E-state index is -0.309.